The van der Waals surface area contributed by atoms with Crippen molar-refractivity contribution in [2.45, 2.75) is 64.3 Å². The summed E-state index contributed by atoms with van der Waals surface area (Å²) in [7, 11) is 0. The van der Waals surface area contributed by atoms with Crippen molar-refractivity contribution in [3.8, 4) is 0 Å². The predicted octanol–water partition coefficient (Wildman–Crippen LogP) is 2.74. The van der Waals surface area contributed by atoms with Crippen LogP contribution in [0.15, 0.2) is 60.7 Å². The van der Waals surface area contributed by atoms with Gasteiger partial charge in [-0.3, -0.25) is 19.2 Å². The highest BCUT2D eigenvalue weighted by Crippen LogP contribution is 2.10. The molecule has 2 rings (SSSR count). The number of carbonyl (C=O) groups is 5. The summed E-state index contributed by atoms with van der Waals surface area (Å²) in [4.78, 5) is 63.5. The minimum atomic E-state index is -1.06. The van der Waals surface area contributed by atoms with Gasteiger partial charge in [0.1, 0.15) is 18.7 Å². The molecule has 0 fully saturated rings. The third-order valence-electron chi connectivity index (χ3n) is 6.12. The second-order valence-electron chi connectivity index (χ2n) is 10.1. The van der Waals surface area contributed by atoms with E-state index in [9.17, 15) is 24.0 Å². The lowest BCUT2D eigenvalue weighted by atomic mass is 10.0. The number of hydrogen-bond acceptors (Lipinski definition) is 7. The lowest BCUT2D eigenvalue weighted by Crippen LogP contribution is -2.56. The first kappa shape index (κ1) is 33.3. The second kappa shape index (κ2) is 17.8. The molecule has 0 aliphatic carbocycles. The molecule has 41 heavy (non-hydrogen) atoms. The Morgan fingerprint density at radius 3 is 1.93 bits per heavy atom. The van der Waals surface area contributed by atoms with Crippen molar-refractivity contribution in [1.29, 1.82) is 0 Å². The molecule has 0 saturated carbocycles. The molecule has 2 aromatic rings. The topological polar surface area (TPSA) is 157 Å². The van der Waals surface area contributed by atoms with Crippen LogP contribution in [0.4, 0.5) is 4.79 Å². The summed E-state index contributed by atoms with van der Waals surface area (Å²) < 4.78 is 5.30. The lowest BCUT2D eigenvalue weighted by Gasteiger charge is -2.26. The monoisotopic (exact) mass is 584 g/mol. The van der Waals surface area contributed by atoms with Gasteiger partial charge in [0.2, 0.25) is 17.7 Å². The van der Waals surface area contributed by atoms with Crippen LogP contribution in [0.3, 0.4) is 0 Å². The normalized spacial score (nSPS) is 13.0. The van der Waals surface area contributed by atoms with Crippen molar-refractivity contribution in [2.75, 3.05) is 12.0 Å². The highest BCUT2D eigenvalue weighted by Gasteiger charge is 2.30. The molecular formula is C30H40N4O6S. The SMILES string of the molecule is CSCC(=O)[C@H](CCC(N)=O)NC(=O)[C@H](Cc1ccccc1)NC(=O)[C@H](CC(C)C)NC(=O)OCc1ccccc1. The van der Waals surface area contributed by atoms with Gasteiger partial charge in [0, 0.05) is 12.8 Å². The third-order valence-corrected chi connectivity index (χ3v) is 6.69. The van der Waals surface area contributed by atoms with E-state index in [4.69, 9.17) is 10.5 Å². The summed E-state index contributed by atoms with van der Waals surface area (Å²) in [6.07, 6.45) is 1.43. The van der Waals surface area contributed by atoms with E-state index < -0.39 is 41.9 Å². The number of amides is 4. The van der Waals surface area contributed by atoms with Gasteiger partial charge in [-0.2, -0.15) is 11.8 Å². The lowest BCUT2D eigenvalue weighted by molar-refractivity contribution is -0.132. The Balaban J connectivity index is 2.19. The molecule has 0 aliphatic rings. The van der Waals surface area contributed by atoms with E-state index in [0.717, 1.165) is 11.1 Å². The summed E-state index contributed by atoms with van der Waals surface area (Å²) in [5.74, 6) is -1.79. The molecule has 0 aliphatic heterocycles. The number of benzene rings is 2. The van der Waals surface area contributed by atoms with Crippen LogP contribution in [0.5, 0.6) is 0 Å². The van der Waals surface area contributed by atoms with E-state index >= 15 is 0 Å². The van der Waals surface area contributed by atoms with Gasteiger partial charge in [-0.05, 0) is 36.1 Å². The smallest absolute Gasteiger partial charge is 0.408 e. The number of ketones is 1. The molecule has 0 unspecified atom stereocenters. The molecule has 0 saturated heterocycles. The Morgan fingerprint density at radius 1 is 0.805 bits per heavy atom. The van der Waals surface area contributed by atoms with Crippen LogP contribution in [0.1, 0.15) is 44.2 Å². The van der Waals surface area contributed by atoms with Gasteiger partial charge < -0.3 is 26.4 Å². The Kier molecular flexibility index (Phi) is 14.4. The van der Waals surface area contributed by atoms with E-state index in [1.54, 1.807) is 6.26 Å². The third kappa shape index (κ3) is 12.9. The number of ether oxygens (including phenoxy) is 1. The highest BCUT2D eigenvalue weighted by atomic mass is 32.2. The highest BCUT2D eigenvalue weighted by molar-refractivity contribution is 7.99. The molecule has 0 spiro atoms. The first-order chi connectivity index (χ1) is 19.6. The molecule has 4 amide bonds. The van der Waals surface area contributed by atoms with Gasteiger partial charge >= 0.3 is 6.09 Å². The minimum Gasteiger partial charge on any atom is -0.445 e. The van der Waals surface area contributed by atoms with Gasteiger partial charge in [-0.25, -0.2) is 4.79 Å². The summed E-state index contributed by atoms with van der Waals surface area (Å²) in [5.41, 5.74) is 6.86. The Hall–Kier alpha value is -3.86. The number of primary amides is 1. The zero-order valence-electron chi connectivity index (χ0n) is 23.8. The van der Waals surface area contributed by atoms with E-state index in [0.29, 0.717) is 6.42 Å². The molecule has 3 atom stereocenters. The number of alkyl carbamates (subject to hydrolysis) is 1. The summed E-state index contributed by atoms with van der Waals surface area (Å²) in [5, 5.41) is 8.09. The van der Waals surface area contributed by atoms with Crippen molar-refractivity contribution >= 4 is 41.4 Å². The van der Waals surface area contributed by atoms with Crippen LogP contribution in [0, 0.1) is 5.92 Å². The van der Waals surface area contributed by atoms with Crippen LogP contribution in [-0.2, 0) is 36.9 Å². The number of carbonyl (C=O) groups excluding carboxylic acids is 5. The van der Waals surface area contributed by atoms with Crippen LogP contribution < -0.4 is 21.7 Å². The van der Waals surface area contributed by atoms with Crippen molar-refractivity contribution in [3.05, 3.63) is 71.8 Å². The maximum Gasteiger partial charge on any atom is 0.408 e. The average molecular weight is 585 g/mol. The van der Waals surface area contributed by atoms with Crippen molar-refractivity contribution in [2.24, 2.45) is 11.7 Å². The molecule has 0 radical (unpaired) electrons. The minimum absolute atomic E-state index is 0.0402. The molecule has 0 bridgehead atoms. The van der Waals surface area contributed by atoms with Crippen LogP contribution in [0.2, 0.25) is 0 Å². The van der Waals surface area contributed by atoms with Gasteiger partial charge in [0.05, 0.1) is 11.8 Å². The number of rotatable bonds is 17. The quantitative estimate of drug-likeness (QED) is 0.223. The summed E-state index contributed by atoms with van der Waals surface area (Å²) >= 11 is 1.30. The van der Waals surface area contributed by atoms with Crippen LogP contribution >= 0.6 is 11.8 Å². The van der Waals surface area contributed by atoms with Gasteiger partial charge in [0.15, 0.2) is 5.78 Å². The van der Waals surface area contributed by atoms with Gasteiger partial charge in [0.25, 0.3) is 0 Å². The fourth-order valence-corrected chi connectivity index (χ4v) is 4.54. The first-order valence-corrected chi connectivity index (χ1v) is 14.9. The van der Waals surface area contributed by atoms with E-state index in [-0.39, 0.29) is 43.3 Å². The summed E-state index contributed by atoms with van der Waals surface area (Å²) in [6, 6.07) is 15.3. The molecule has 5 N–H and O–H groups in total. The average Bonchev–Trinajstić information content (AvgIpc) is 2.94. The van der Waals surface area contributed by atoms with Crippen LogP contribution in [0.25, 0.3) is 0 Å². The maximum atomic E-state index is 13.5. The van der Waals surface area contributed by atoms with E-state index in [1.807, 2.05) is 74.5 Å². The molecule has 0 heterocycles. The molecule has 0 aromatic heterocycles. The maximum absolute atomic E-state index is 13.5. The predicted molar refractivity (Wildman–Crippen MR) is 159 cm³/mol. The Labute approximate surface area is 245 Å². The molecule has 11 heteroatoms. The molecule has 10 nitrogen and oxygen atoms in total. The number of hydrogen-bond donors (Lipinski definition) is 4. The molecule has 2 aromatic carbocycles. The molecule has 222 valence electrons. The van der Waals surface area contributed by atoms with Crippen molar-refractivity contribution < 1.29 is 28.7 Å². The van der Waals surface area contributed by atoms with Crippen LogP contribution in [-0.4, -0.2) is 59.7 Å². The number of nitrogens with two attached hydrogens (primary N) is 1. The van der Waals surface area contributed by atoms with Crippen molar-refractivity contribution in [3.63, 3.8) is 0 Å². The second-order valence-corrected chi connectivity index (χ2v) is 11.0. The Morgan fingerprint density at radius 2 is 1.37 bits per heavy atom. The molecular weight excluding hydrogens is 544 g/mol. The van der Waals surface area contributed by atoms with Gasteiger partial charge in [-0.1, -0.05) is 74.5 Å². The van der Waals surface area contributed by atoms with Crippen molar-refractivity contribution in [1.82, 2.24) is 16.0 Å². The number of thioether (sulfide) groups is 1. The zero-order valence-corrected chi connectivity index (χ0v) is 24.6. The number of nitrogens with one attached hydrogen (secondary N) is 3. The first-order valence-electron chi connectivity index (χ1n) is 13.5. The van der Waals surface area contributed by atoms with E-state index in [2.05, 4.69) is 16.0 Å². The summed E-state index contributed by atoms with van der Waals surface area (Å²) in [6.45, 7) is 3.86. The van der Waals surface area contributed by atoms with Gasteiger partial charge in [-0.15, -0.1) is 0 Å². The fourth-order valence-electron chi connectivity index (χ4n) is 4.06. The largest absolute Gasteiger partial charge is 0.445 e. The zero-order chi connectivity index (χ0) is 30.2. The fraction of sp³-hybridized carbons (Fsp3) is 0.433. The number of Topliss-reactive ketones (excluding diaryl/α,β-unsaturated/α-hetero) is 1. The van der Waals surface area contributed by atoms with E-state index in [1.165, 1.54) is 11.8 Å². The standard InChI is InChI=1S/C30H40N4O6S/c1-20(2)16-24(34-30(39)40-18-22-12-8-5-9-13-22)28(37)33-25(17-21-10-6-4-7-11-21)29(38)32-23(14-15-27(31)36)26(35)19-41-3/h4-13,20,23-25H,14-19H2,1-3H3,(H2,31,36)(H,32,38)(H,33,37)(H,34,39)/t23-,24-,25-/m0/s1. The Bertz CT molecular complexity index is 1150.